The van der Waals surface area contributed by atoms with Crippen molar-refractivity contribution in [2.24, 2.45) is 5.41 Å². The Bertz CT molecular complexity index is 491. The van der Waals surface area contributed by atoms with E-state index in [0.29, 0.717) is 23.8 Å². The van der Waals surface area contributed by atoms with Gasteiger partial charge in [0.2, 0.25) is 0 Å². The van der Waals surface area contributed by atoms with E-state index < -0.39 is 0 Å². The van der Waals surface area contributed by atoms with E-state index in [1.165, 1.54) is 0 Å². The summed E-state index contributed by atoms with van der Waals surface area (Å²) in [5.74, 6) is -0.274. The van der Waals surface area contributed by atoms with Crippen LogP contribution in [0, 0.1) is 5.41 Å². The molecular weight excluding hydrogens is 292 g/mol. The average molecular weight is 313 g/mol. The monoisotopic (exact) mass is 312 g/mol. The minimum absolute atomic E-state index is 0.0544. The smallest absolute Gasteiger partial charge is 0.311 e. The van der Waals surface area contributed by atoms with Gasteiger partial charge in [-0.05, 0) is 30.0 Å². The summed E-state index contributed by atoms with van der Waals surface area (Å²) >= 11 is 5.79. The quantitative estimate of drug-likeness (QED) is 0.588. The van der Waals surface area contributed by atoms with E-state index in [1.807, 2.05) is 20.8 Å². The third-order valence-electron chi connectivity index (χ3n) is 2.46. The van der Waals surface area contributed by atoms with Crippen LogP contribution in [0.15, 0.2) is 24.3 Å². The molecule has 116 valence electrons. The summed E-state index contributed by atoms with van der Waals surface area (Å²) in [4.78, 5) is 23.1. The summed E-state index contributed by atoms with van der Waals surface area (Å²) in [6, 6.07) is 6.62. The number of hydrogen-bond acceptors (Lipinski definition) is 4. The Kier molecular flexibility index (Phi) is 6.69. The molecule has 0 unspecified atom stereocenters. The van der Waals surface area contributed by atoms with Gasteiger partial charge in [-0.25, -0.2) is 0 Å². The maximum atomic E-state index is 11.6. The van der Waals surface area contributed by atoms with Gasteiger partial charge in [0.1, 0.15) is 5.75 Å². The van der Waals surface area contributed by atoms with Crippen LogP contribution in [0.4, 0.5) is 0 Å². The molecule has 21 heavy (non-hydrogen) atoms. The molecule has 1 aromatic carbocycles. The summed E-state index contributed by atoms with van der Waals surface area (Å²) in [7, 11) is 0. The summed E-state index contributed by atoms with van der Waals surface area (Å²) in [5.41, 5.74) is -0.0544. The van der Waals surface area contributed by atoms with Crippen molar-refractivity contribution >= 4 is 23.5 Å². The Hall–Kier alpha value is -1.55. The minimum atomic E-state index is -0.388. The molecule has 0 bridgehead atoms. The van der Waals surface area contributed by atoms with Crippen LogP contribution >= 0.6 is 11.6 Å². The van der Waals surface area contributed by atoms with Gasteiger partial charge in [-0.3, -0.25) is 9.59 Å². The van der Waals surface area contributed by atoms with E-state index in [0.717, 1.165) is 0 Å². The molecule has 0 fully saturated rings. The number of halogens is 1. The first-order chi connectivity index (χ1) is 9.76. The predicted molar refractivity (Wildman–Crippen MR) is 81.4 cm³/mol. The topological polar surface area (TPSA) is 52.6 Å². The first-order valence-electron chi connectivity index (χ1n) is 6.88. The van der Waals surface area contributed by atoms with Crippen molar-refractivity contribution in [3.05, 3.63) is 29.3 Å². The van der Waals surface area contributed by atoms with Gasteiger partial charge in [0.25, 0.3) is 0 Å². The molecule has 0 saturated carbocycles. The molecule has 0 aromatic heterocycles. The van der Waals surface area contributed by atoms with Gasteiger partial charge in [0.15, 0.2) is 0 Å². The van der Waals surface area contributed by atoms with Crippen LogP contribution in [-0.2, 0) is 14.3 Å². The third kappa shape index (κ3) is 8.35. The zero-order valence-electron chi connectivity index (χ0n) is 12.6. The summed E-state index contributed by atoms with van der Waals surface area (Å²) in [6.07, 6.45) is 0.778. The summed E-state index contributed by atoms with van der Waals surface area (Å²) < 4.78 is 10.2. The lowest BCUT2D eigenvalue weighted by atomic mass is 9.99. The second-order valence-electron chi connectivity index (χ2n) is 6.01. The van der Waals surface area contributed by atoms with Crippen molar-refractivity contribution < 1.29 is 19.1 Å². The fraction of sp³-hybridized carbons (Fsp3) is 0.500. The SMILES string of the molecule is CC(C)(C)COC(=O)CCCC(=O)Oc1cccc(Cl)c1. The second kappa shape index (κ2) is 8.03. The lowest BCUT2D eigenvalue weighted by Gasteiger charge is -2.17. The highest BCUT2D eigenvalue weighted by Gasteiger charge is 2.14. The maximum absolute atomic E-state index is 11.6. The Morgan fingerprint density at radius 3 is 2.43 bits per heavy atom. The molecule has 0 heterocycles. The van der Waals surface area contributed by atoms with E-state index >= 15 is 0 Å². The van der Waals surface area contributed by atoms with Gasteiger partial charge in [0, 0.05) is 17.9 Å². The number of hydrogen-bond donors (Lipinski definition) is 0. The number of benzene rings is 1. The molecule has 0 aliphatic rings. The van der Waals surface area contributed by atoms with Crippen LogP contribution in [0.1, 0.15) is 40.0 Å². The molecule has 0 atom stereocenters. The minimum Gasteiger partial charge on any atom is -0.465 e. The number of ether oxygens (including phenoxy) is 2. The lowest BCUT2D eigenvalue weighted by Crippen LogP contribution is -2.18. The van der Waals surface area contributed by atoms with E-state index in [4.69, 9.17) is 21.1 Å². The lowest BCUT2D eigenvalue weighted by molar-refractivity contribution is -0.146. The number of carbonyl (C=O) groups is 2. The summed E-state index contributed by atoms with van der Waals surface area (Å²) in [6.45, 7) is 6.34. The molecule has 1 rings (SSSR count). The van der Waals surface area contributed by atoms with Crippen molar-refractivity contribution in [2.75, 3.05) is 6.61 Å². The predicted octanol–water partition coefficient (Wildman–Crippen LogP) is 4.01. The fourth-order valence-corrected chi connectivity index (χ4v) is 1.64. The van der Waals surface area contributed by atoms with Crippen LogP contribution in [0.3, 0.4) is 0 Å². The van der Waals surface area contributed by atoms with Gasteiger partial charge in [-0.15, -0.1) is 0 Å². The van der Waals surface area contributed by atoms with E-state index in [2.05, 4.69) is 0 Å². The van der Waals surface area contributed by atoms with Crippen LogP contribution in [-0.4, -0.2) is 18.5 Å². The third-order valence-corrected chi connectivity index (χ3v) is 2.69. The largest absolute Gasteiger partial charge is 0.465 e. The number of rotatable bonds is 6. The molecule has 0 aliphatic carbocycles. The van der Waals surface area contributed by atoms with Crippen LogP contribution < -0.4 is 4.74 Å². The fourth-order valence-electron chi connectivity index (χ4n) is 1.46. The van der Waals surface area contributed by atoms with Gasteiger partial charge >= 0.3 is 11.9 Å². The molecule has 0 radical (unpaired) electrons. The van der Waals surface area contributed by atoms with Crippen LogP contribution in [0.25, 0.3) is 0 Å². The normalized spacial score (nSPS) is 11.0. The van der Waals surface area contributed by atoms with Crippen molar-refractivity contribution in [1.82, 2.24) is 0 Å². The maximum Gasteiger partial charge on any atom is 0.311 e. The molecule has 5 heteroatoms. The first-order valence-corrected chi connectivity index (χ1v) is 7.26. The Morgan fingerprint density at radius 2 is 1.81 bits per heavy atom. The highest BCUT2D eigenvalue weighted by Crippen LogP contribution is 2.18. The number of esters is 2. The van der Waals surface area contributed by atoms with Gasteiger partial charge in [-0.2, -0.15) is 0 Å². The molecule has 0 aliphatic heterocycles. The van der Waals surface area contributed by atoms with Gasteiger partial charge < -0.3 is 9.47 Å². The second-order valence-corrected chi connectivity index (χ2v) is 6.44. The highest BCUT2D eigenvalue weighted by molar-refractivity contribution is 6.30. The van der Waals surface area contributed by atoms with E-state index in [1.54, 1.807) is 24.3 Å². The van der Waals surface area contributed by atoms with Crippen molar-refractivity contribution in [1.29, 1.82) is 0 Å². The van der Waals surface area contributed by atoms with Crippen LogP contribution in [0.5, 0.6) is 5.75 Å². The van der Waals surface area contributed by atoms with Crippen molar-refractivity contribution in [2.45, 2.75) is 40.0 Å². The van der Waals surface area contributed by atoms with Gasteiger partial charge in [-0.1, -0.05) is 38.4 Å². The zero-order chi connectivity index (χ0) is 15.9. The Labute approximate surface area is 130 Å². The molecule has 0 amide bonds. The molecule has 0 N–H and O–H groups in total. The molecule has 1 aromatic rings. The van der Waals surface area contributed by atoms with Crippen LogP contribution in [0.2, 0.25) is 5.02 Å². The Balaban J connectivity index is 2.23. The Morgan fingerprint density at radius 1 is 1.14 bits per heavy atom. The summed E-state index contributed by atoms with van der Waals surface area (Å²) in [5, 5.41) is 0.506. The van der Waals surface area contributed by atoms with Gasteiger partial charge in [0.05, 0.1) is 6.61 Å². The van der Waals surface area contributed by atoms with E-state index in [-0.39, 0.29) is 30.2 Å². The highest BCUT2D eigenvalue weighted by atomic mass is 35.5. The first kappa shape index (κ1) is 17.5. The standard InChI is InChI=1S/C16H21ClO4/c1-16(2,3)11-20-14(18)8-5-9-15(19)21-13-7-4-6-12(17)10-13/h4,6-7,10H,5,8-9,11H2,1-3H3. The molecule has 4 nitrogen and oxygen atoms in total. The van der Waals surface area contributed by atoms with Crippen molar-refractivity contribution in [3.63, 3.8) is 0 Å². The molecule has 0 spiro atoms. The molecule has 0 saturated heterocycles. The average Bonchev–Trinajstić information content (AvgIpc) is 2.35. The zero-order valence-corrected chi connectivity index (χ0v) is 13.4. The number of carbonyl (C=O) groups excluding carboxylic acids is 2. The van der Waals surface area contributed by atoms with E-state index in [9.17, 15) is 9.59 Å². The van der Waals surface area contributed by atoms with Crippen molar-refractivity contribution in [3.8, 4) is 5.75 Å². The molecular formula is C16H21ClO4.